The Balaban J connectivity index is 0.00000342. The van der Waals surface area contributed by atoms with Gasteiger partial charge in [0.05, 0.1) is 19.9 Å². The molecule has 0 heterocycles. The van der Waals surface area contributed by atoms with Crippen molar-refractivity contribution in [3.05, 3.63) is 144 Å². The molecule has 0 saturated carbocycles. The third kappa shape index (κ3) is 6.75. The molecule has 0 amide bonds. The van der Waals surface area contributed by atoms with E-state index in [2.05, 4.69) is 31.3 Å². The molecule has 0 aliphatic heterocycles. The van der Waals surface area contributed by atoms with Crippen LogP contribution in [0.4, 0.5) is 0 Å². The van der Waals surface area contributed by atoms with E-state index in [0.717, 1.165) is 16.0 Å². The zero-order valence-corrected chi connectivity index (χ0v) is 20.6. The van der Waals surface area contributed by atoms with Gasteiger partial charge in [-0.15, -0.1) is 0 Å². The van der Waals surface area contributed by atoms with Gasteiger partial charge in [-0.05, 0) is 0 Å². The van der Waals surface area contributed by atoms with E-state index in [1.807, 2.05) is 97.1 Å². The molecule has 35 heavy (non-hydrogen) atoms. The largest absolute Gasteiger partial charge is 1.00 e. The first-order valence-electron chi connectivity index (χ1n) is 11.7. The molecule has 4 rings (SSSR count). The molecular formula is C31H30ClNO2. The summed E-state index contributed by atoms with van der Waals surface area (Å²) in [5.74, 6) is 0.213. The predicted molar refractivity (Wildman–Crippen MR) is 136 cm³/mol. The van der Waals surface area contributed by atoms with E-state index in [1.165, 1.54) is 0 Å². The molecule has 4 heteroatoms. The Morgan fingerprint density at radius 1 is 0.543 bits per heavy atom. The molecule has 0 spiro atoms. The number of benzene rings is 4. The van der Waals surface area contributed by atoms with Crippen molar-refractivity contribution < 1.29 is 26.9 Å². The van der Waals surface area contributed by atoms with Crippen LogP contribution in [0.25, 0.3) is 0 Å². The van der Waals surface area contributed by atoms with Gasteiger partial charge in [-0.1, -0.05) is 121 Å². The lowest BCUT2D eigenvalue weighted by Gasteiger charge is -2.32. The van der Waals surface area contributed by atoms with Crippen molar-refractivity contribution in [3.8, 4) is 0 Å². The number of hydrogen-bond acceptors (Lipinski definition) is 2. The molecule has 0 aliphatic carbocycles. The zero-order valence-electron chi connectivity index (χ0n) is 19.8. The van der Waals surface area contributed by atoms with E-state index in [4.69, 9.17) is 0 Å². The number of halogens is 1. The van der Waals surface area contributed by atoms with Crippen LogP contribution in [0.2, 0.25) is 0 Å². The number of ketones is 2. The standard InChI is InChI=1S/C31H29NO2.ClH/c1-32(28(24-14-6-2-7-15-24)22-30(33)26-18-10-4-11-19-26)29(25-16-8-3-9-17-25)23-31(34)27-20-12-5-13-21-27;/h2-21,28-29H,22-23H2,1H3;1H. The normalized spacial score (nSPS) is 13.2. The molecule has 0 bridgehead atoms. The number of quaternary nitrogens is 1. The van der Waals surface area contributed by atoms with Gasteiger partial charge >= 0.3 is 0 Å². The van der Waals surface area contributed by atoms with Crippen molar-refractivity contribution in [2.45, 2.75) is 24.9 Å². The van der Waals surface area contributed by atoms with Crippen molar-refractivity contribution in [2.75, 3.05) is 7.05 Å². The van der Waals surface area contributed by atoms with Crippen LogP contribution < -0.4 is 17.3 Å². The lowest BCUT2D eigenvalue weighted by atomic mass is 9.91. The summed E-state index contributed by atoms with van der Waals surface area (Å²) in [6.07, 6.45) is 0.728. The summed E-state index contributed by atoms with van der Waals surface area (Å²) >= 11 is 0. The highest BCUT2D eigenvalue weighted by atomic mass is 35.5. The quantitative estimate of drug-likeness (QED) is 0.352. The van der Waals surface area contributed by atoms with Crippen LogP contribution in [0.3, 0.4) is 0 Å². The fraction of sp³-hybridized carbons (Fsp3) is 0.161. The molecule has 3 nitrogen and oxygen atoms in total. The average molecular weight is 484 g/mol. The van der Waals surface area contributed by atoms with Gasteiger partial charge < -0.3 is 17.3 Å². The molecule has 1 N–H and O–H groups in total. The maximum absolute atomic E-state index is 13.3. The molecule has 4 aromatic carbocycles. The second kappa shape index (κ2) is 12.8. The average Bonchev–Trinajstić information content (AvgIpc) is 2.91. The SMILES string of the molecule is C[NH+](C(CC(=O)c1ccccc1)c1ccccc1)C(CC(=O)c1ccccc1)c1ccccc1.[Cl-]. The summed E-state index contributed by atoms with van der Waals surface area (Å²) < 4.78 is 0. The molecule has 2 unspecified atom stereocenters. The second-order valence-electron chi connectivity index (χ2n) is 8.66. The molecular weight excluding hydrogens is 454 g/mol. The Morgan fingerprint density at radius 2 is 0.829 bits per heavy atom. The van der Waals surface area contributed by atoms with Crippen LogP contribution >= 0.6 is 0 Å². The first kappa shape index (κ1) is 26.1. The summed E-state index contributed by atoms with van der Waals surface area (Å²) in [6.45, 7) is 0. The number of Topliss-reactive ketones (excluding diaryl/α,β-unsaturated/α-hetero) is 2. The van der Waals surface area contributed by atoms with E-state index in [9.17, 15) is 9.59 Å². The maximum atomic E-state index is 13.3. The Kier molecular flexibility index (Phi) is 9.54. The van der Waals surface area contributed by atoms with Crippen LogP contribution in [0, 0.1) is 0 Å². The number of nitrogens with one attached hydrogen (secondary N) is 1. The van der Waals surface area contributed by atoms with Gasteiger partial charge in [0.15, 0.2) is 11.6 Å². The highest BCUT2D eigenvalue weighted by Crippen LogP contribution is 2.23. The fourth-order valence-electron chi connectivity index (χ4n) is 4.55. The highest BCUT2D eigenvalue weighted by Gasteiger charge is 2.33. The number of rotatable bonds is 10. The Morgan fingerprint density at radius 3 is 1.14 bits per heavy atom. The van der Waals surface area contributed by atoms with Gasteiger partial charge in [-0.3, -0.25) is 9.59 Å². The lowest BCUT2D eigenvalue weighted by Crippen LogP contribution is -3.09. The van der Waals surface area contributed by atoms with Crippen molar-refractivity contribution >= 4 is 11.6 Å². The first-order valence-corrected chi connectivity index (χ1v) is 11.7. The molecule has 178 valence electrons. The third-order valence-corrected chi connectivity index (χ3v) is 6.47. The van der Waals surface area contributed by atoms with Crippen LogP contribution in [0.1, 0.15) is 56.8 Å². The Hall–Kier alpha value is -3.53. The summed E-state index contributed by atoms with van der Waals surface area (Å²) in [7, 11) is 2.10. The van der Waals surface area contributed by atoms with E-state index >= 15 is 0 Å². The minimum atomic E-state index is -0.0947. The van der Waals surface area contributed by atoms with E-state index < -0.39 is 0 Å². The van der Waals surface area contributed by atoms with Gasteiger partial charge in [-0.2, -0.15) is 0 Å². The smallest absolute Gasteiger partial charge is 0.169 e. The first-order chi connectivity index (χ1) is 16.6. The summed E-state index contributed by atoms with van der Waals surface area (Å²) in [5, 5.41) is 0. The summed E-state index contributed by atoms with van der Waals surface area (Å²) in [4.78, 5) is 27.6. The van der Waals surface area contributed by atoms with Gasteiger partial charge in [0.1, 0.15) is 12.1 Å². The van der Waals surface area contributed by atoms with Crippen LogP contribution in [-0.2, 0) is 0 Å². The Bertz CT molecular complexity index is 1100. The van der Waals surface area contributed by atoms with Crippen molar-refractivity contribution in [2.24, 2.45) is 0 Å². The van der Waals surface area contributed by atoms with Crippen molar-refractivity contribution in [1.82, 2.24) is 0 Å². The monoisotopic (exact) mass is 483 g/mol. The molecule has 0 fully saturated rings. The minimum absolute atomic E-state index is 0. The summed E-state index contributed by atoms with van der Waals surface area (Å²) in [5.41, 5.74) is 3.62. The van der Waals surface area contributed by atoms with Gasteiger partial charge in [0.2, 0.25) is 0 Å². The van der Waals surface area contributed by atoms with E-state index in [0.29, 0.717) is 24.0 Å². The maximum Gasteiger partial charge on any atom is 0.169 e. The lowest BCUT2D eigenvalue weighted by molar-refractivity contribution is -0.942. The highest BCUT2D eigenvalue weighted by molar-refractivity contribution is 5.97. The van der Waals surface area contributed by atoms with Gasteiger partial charge in [-0.25, -0.2) is 0 Å². The summed E-state index contributed by atoms with van der Waals surface area (Å²) in [6, 6.07) is 39.0. The zero-order chi connectivity index (χ0) is 23.8. The topological polar surface area (TPSA) is 38.6 Å². The number of carbonyl (C=O) groups is 2. The van der Waals surface area contributed by atoms with Gasteiger partial charge in [0.25, 0.3) is 0 Å². The fourth-order valence-corrected chi connectivity index (χ4v) is 4.55. The number of carbonyl (C=O) groups excluding carboxylic acids is 2. The molecule has 0 aliphatic rings. The molecule has 0 radical (unpaired) electrons. The molecule has 0 aromatic heterocycles. The molecule has 2 atom stereocenters. The number of hydrogen-bond donors (Lipinski definition) is 1. The van der Waals surface area contributed by atoms with Crippen molar-refractivity contribution in [1.29, 1.82) is 0 Å². The van der Waals surface area contributed by atoms with Crippen molar-refractivity contribution in [3.63, 3.8) is 0 Å². The van der Waals surface area contributed by atoms with Crippen LogP contribution in [0.15, 0.2) is 121 Å². The van der Waals surface area contributed by atoms with Gasteiger partial charge in [0, 0.05) is 22.3 Å². The molecule has 4 aromatic rings. The molecule has 0 saturated heterocycles. The van der Waals surface area contributed by atoms with Crippen LogP contribution in [0.5, 0.6) is 0 Å². The Labute approximate surface area is 213 Å². The van der Waals surface area contributed by atoms with E-state index in [-0.39, 0.29) is 36.1 Å². The second-order valence-corrected chi connectivity index (χ2v) is 8.66. The van der Waals surface area contributed by atoms with E-state index in [1.54, 1.807) is 0 Å². The minimum Gasteiger partial charge on any atom is -1.00 e. The van der Waals surface area contributed by atoms with Crippen LogP contribution in [-0.4, -0.2) is 18.6 Å². The third-order valence-electron chi connectivity index (χ3n) is 6.47. The predicted octanol–water partition coefficient (Wildman–Crippen LogP) is 2.53.